The van der Waals surface area contributed by atoms with Crippen LogP contribution in [0.2, 0.25) is 0 Å². The molecule has 0 spiro atoms. The number of carboxylic acids is 1. The van der Waals surface area contributed by atoms with Gasteiger partial charge in [0.25, 0.3) is 17.7 Å². The van der Waals surface area contributed by atoms with E-state index in [2.05, 4.69) is 20.4 Å². The van der Waals surface area contributed by atoms with E-state index >= 15 is 0 Å². The van der Waals surface area contributed by atoms with Crippen LogP contribution < -0.4 is 11.1 Å². The minimum absolute atomic E-state index is 0.0164. The van der Waals surface area contributed by atoms with Gasteiger partial charge in [-0.3, -0.25) is 19.3 Å². The molecule has 2 saturated heterocycles. The quantitative estimate of drug-likeness (QED) is 0.0859. The van der Waals surface area contributed by atoms with Gasteiger partial charge in [0.15, 0.2) is 16.5 Å². The summed E-state index contributed by atoms with van der Waals surface area (Å²) >= 11 is 4.91. The number of hydrogen-bond donors (Lipinski definition) is 4. The zero-order chi connectivity index (χ0) is 34.0. The third-order valence-electron chi connectivity index (χ3n) is 7.21. The zero-order valence-corrected chi connectivity index (χ0v) is 28.6. The highest BCUT2D eigenvalue weighted by molar-refractivity contribution is 8.02. The molecule has 252 valence electrons. The lowest BCUT2D eigenvalue weighted by molar-refractivity contribution is -0.158. The molecule has 3 aliphatic rings. The van der Waals surface area contributed by atoms with Crippen molar-refractivity contribution in [2.24, 2.45) is 10.6 Å². The maximum atomic E-state index is 13.4. The van der Waals surface area contributed by atoms with Crippen molar-refractivity contribution >= 4 is 86.9 Å². The summed E-state index contributed by atoms with van der Waals surface area (Å²) in [6.45, 7) is 6.24. The van der Waals surface area contributed by atoms with E-state index in [0.29, 0.717) is 28.6 Å². The molecule has 3 amide bonds. The average Bonchev–Trinajstić information content (AvgIpc) is 3.78. The number of nitrogens with one attached hydrogen (secondary N) is 1. The molecular formula is C27H31N7O9S4. The summed E-state index contributed by atoms with van der Waals surface area (Å²) in [7, 11) is 0. The topological polar surface area (TPSA) is 227 Å². The second kappa shape index (κ2) is 14.1. The second-order valence-corrected chi connectivity index (χ2v) is 15.7. The van der Waals surface area contributed by atoms with Gasteiger partial charge in [-0.25, -0.2) is 19.6 Å². The van der Waals surface area contributed by atoms with E-state index in [1.807, 2.05) is 0 Å². The van der Waals surface area contributed by atoms with E-state index in [-0.39, 0.29) is 39.8 Å². The largest absolute Gasteiger partial charge is 0.512 e. The van der Waals surface area contributed by atoms with Gasteiger partial charge in [-0.1, -0.05) is 25.9 Å². The van der Waals surface area contributed by atoms with E-state index in [4.69, 9.17) is 15.3 Å². The Hall–Kier alpha value is -3.88. The molecule has 2 fully saturated rings. The number of carbonyl (C=O) groups is 5. The minimum atomic E-state index is -1.62. The molecule has 20 heteroatoms. The molecular weight excluding hydrogens is 695 g/mol. The van der Waals surface area contributed by atoms with Gasteiger partial charge in [-0.05, 0) is 12.8 Å². The van der Waals surface area contributed by atoms with Crippen LogP contribution in [0.15, 0.2) is 31.7 Å². The number of amides is 3. The molecule has 0 aromatic carbocycles. The predicted molar refractivity (Wildman–Crippen MR) is 174 cm³/mol. The highest BCUT2D eigenvalue weighted by atomic mass is 32.2. The molecule has 16 nitrogen and oxygen atoms in total. The van der Waals surface area contributed by atoms with Gasteiger partial charge < -0.3 is 35.7 Å². The number of rotatable bonds is 11. The maximum absolute atomic E-state index is 13.4. The third kappa shape index (κ3) is 7.49. The Bertz CT molecular complexity index is 1640. The fourth-order valence-corrected chi connectivity index (χ4v) is 8.79. The summed E-state index contributed by atoms with van der Waals surface area (Å²) in [4.78, 5) is 79.8. The number of fused-ring (bicyclic) bond motifs is 1. The predicted octanol–water partition coefficient (Wildman–Crippen LogP) is 2.74. The molecule has 0 saturated carbocycles. The number of β-lactam (4-membered cyclic amide) rings is 1. The van der Waals surface area contributed by atoms with E-state index in [1.165, 1.54) is 45.1 Å². The van der Waals surface area contributed by atoms with Crippen LogP contribution in [0.25, 0.3) is 0 Å². The number of aromatic nitrogens is 2. The highest BCUT2D eigenvalue weighted by Gasteiger charge is 2.54. The fraction of sp³-hybridized carbons (Fsp3) is 0.481. The molecule has 47 heavy (non-hydrogen) atoms. The Labute approximate surface area is 284 Å². The highest BCUT2D eigenvalue weighted by Crippen LogP contribution is 2.42. The maximum Gasteiger partial charge on any atom is 0.512 e. The number of anilines is 1. The molecule has 3 atom stereocenters. The first-order valence-corrected chi connectivity index (χ1v) is 18.0. The number of thioether (sulfide) groups is 2. The van der Waals surface area contributed by atoms with Crippen molar-refractivity contribution in [2.45, 2.75) is 55.3 Å². The first-order chi connectivity index (χ1) is 22.3. The fourth-order valence-electron chi connectivity index (χ4n) is 4.90. The Morgan fingerprint density at radius 3 is 2.55 bits per heavy atom. The summed E-state index contributed by atoms with van der Waals surface area (Å²) in [5.41, 5.74) is 6.93. The lowest BCUT2D eigenvalue weighted by Gasteiger charge is -2.49. The van der Waals surface area contributed by atoms with Crippen molar-refractivity contribution in [1.29, 1.82) is 0 Å². The number of aliphatic carboxylic acids is 1. The molecule has 2 aromatic heterocycles. The van der Waals surface area contributed by atoms with Crippen molar-refractivity contribution in [3.63, 3.8) is 0 Å². The lowest BCUT2D eigenvalue weighted by atomic mass is 9.89. The monoisotopic (exact) mass is 725 g/mol. The number of nitrogens with zero attached hydrogens (tertiary/aromatic N) is 5. The molecule has 3 aliphatic heterocycles. The van der Waals surface area contributed by atoms with Crippen molar-refractivity contribution in [3.05, 3.63) is 33.7 Å². The Kier molecular flexibility index (Phi) is 10.3. The zero-order valence-electron chi connectivity index (χ0n) is 25.3. The van der Waals surface area contributed by atoms with Gasteiger partial charge in [0, 0.05) is 41.0 Å². The molecule has 5 rings (SSSR count). The number of thiazole rings is 2. The summed E-state index contributed by atoms with van der Waals surface area (Å²) in [5, 5.41) is 26.4. The van der Waals surface area contributed by atoms with E-state index in [0.717, 1.165) is 24.2 Å². The van der Waals surface area contributed by atoms with Crippen LogP contribution >= 0.6 is 46.2 Å². The summed E-state index contributed by atoms with van der Waals surface area (Å²) in [5.74, 6) is -2.61. The molecule has 2 unspecified atom stereocenters. The number of carbonyl (C=O) groups excluding carboxylic acids is 3. The lowest BCUT2D eigenvalue weighted by Crippen LogP contribution is -2.70. The Balaban J connectivity index is 1.32. The van der Waals surface area contributed by atoms with Crippen molar-refractivity contribution in [1.82, 2.24) is 25.1 Å². The number of carboxylic acid groups (broad SMARTS) is 2. The summed E-state index contributed by atoms with van der Waals surface area (Å²) in [6, 6.07) is -1.10. The van der Waals surface area contributed by atoms with Crippen molar-refractivity contribution < 1.29 is 43.8 Å². The van der Waals surface area contributed by atoms with Gasteiger partial charge in [0.05, 0.1) is 9.72 Å². The molecule has 0 aliphatic carbocycles. The van der Waals surface area contributed by atoms with Crippen molar-refractivity contribution in [3.8, 4) is 0 Å². The third-order valence-corrected chi connectivity index (χ3v) is 11.4. The van der Waals surface area contributed by atoms with Crippen molar-refractivity contribution in [2.75, 3.05) is 30.3 Å². The summed E-state index contributed by atoms with van der Waals surface area (Å²) < 4.78 is 5.75. The van der Waals surface area contributed by atoms with Gasteiger partial charge in [0.1, 0.15) is 17.1 Å². The van der Waals surface area contributed by atoms with Gasteiger partial charge in [-0.2, -0.15) is 0 Å². The van der Waals surface area contributed by atoms with Crippen LogP contribution in [0.5, 0.6) is 0 Å². The van der Waals surface area contributed by atoms with Crippen LogP contribution in [-0.4, -0.2) is 108 Å². The number of nitrogen functional groups attached to an aromatic ring is 1. The average molecular weight is 726 g/mol. The van der Waals surface area contributed by atoms with E-state index < -0.39 is 46.9 Å². The first kappa shape index (κ1) is 34.5. The molecule has 0 radical (unpaired) electrons. The van der Waals surface area contributed by atoms with Gasteiger partial charge >= 0.3 is 12.1 Å². The molecule has 5 N–H and O–H groups in total. The van der Waals surface area contributed by atoms with Crippen LogP contribution in [-0.2, 0) is 24.0 Å². The molecule has 0 bridgehead atoms. The molecule has 2 aromatic rings. The standard InChI is InChI=1S/C27H31N7O9S4/c1-27(2,3)17(23(38)39)43-32-14(13-10-46-25(28)30-13)18(35)31-15-20(37)34-21(42-26(40)41)12(8-44-22(15)34)9-45-24-16(29-11-47-24)19(36)33-6-4-5-7-33/h10-11,15,17,22H,4-9H2,1-3H3,(H2,28,30)(H,31,35)(H,38,39)(H,40,41)/b32-14-/t15?,17?,22-/m0/s1. The smallest absolute Gasteiger partial charge is 0.478 e. The molecule has 5 heterocycles. The normalized spacial score (nSPS) is 20.4. The van der Waals surface area contributed by atoms with Gasteiger partial charge in [0.2, 0.25) is 12.0 Å². The SMILES string of the molecule is CC(C)(C)C(O/N=C(\C(=O)NC1C(=O)N2C(OC(=O)O)=C(CSc3scnc3C(=O)N3CCCC3)CS[C@@H]12)c1csc(N)n1)C(=O)O. The summed E-state index contributed by atoms with van der Waals surface area (Å²) in [6.07, 6.45) is -1.15. The number of likely N-dealkylation sites (tertiary alicyclic amines) is 1. The minimum Gasteiger partial charge on any atom is -0.478 e. The Morgan fingerprint density at radius 1 is 1.21 bits per heavy atom. The van der Waals surface area contributed by atoms with Crippen LogP contribution in [0.3, 0.4) is 0 Å². The van der Waals surface area contributed by atoms with Crippen LogP contribution in [0, 0.1) is 5.41 Å². The number of ether oxygens (including phenoxy) is 1. The van der Waals surface area contributed by atoms with E-state index in [1.54, 1.807) is 31.2 Å². The first-order valence-electron chi connectivity index (χ1n) is 14.2. The Morgan fingerprint density at radius 2 is 1.94 bits per heavy atom. The second-order valence-electron chi connectivity index (χ2n) is 11.6. The van der Waals surface area contributed by atoms with Crippen LogP contribution in [0.4, 0.5) is 9.93 Å². The number of hydrogen-bond acceptors (Lipinski definition) is 15. The van der Waals surface area contributed by atoms with Gasteiger partial charge in [-0.15, -0.1) is 46.2 Å². The number of oxime groups is 1. The van der Waals surface area contributed by atoms with E-state index in [9.17, 15) is 34.2 Å². The van der Waals surface area contributed by atoms with Crippen LogP contribution in [0.1, 0.15) is 49.8 Å². The number of nitrogens with two attached hydrogens (primary N) is 1.